The fraction of sp³-hybridized carbons (Fsp3) is 0.632. The molecular formula is C19H27N3O2. The quantitative estimate of drug-likeness (QED) is 0.884. The van der Waals surface area contributed by atoms with Crippen LogP contribution >= 0.6 is 0 Å². The number of nitrogens with zero attached hydrogens (tertiary/aromatic N) is 1. The predicted molar refractivity (Wildman–Crippen MR) is 94.4 cm³/mol. The van der Waals surface area contributed by atoms with Gasteiger partial charge in [0, 0.05) is 25.0 Å². The van der Waals surface area contributed by atoms with Gasteiger partial charge in [0.25, 0.3) is 0 Å². The van der Waals surface area contributed by atoms with Crippen LogP contribution < -0.4 is 20.3 Å². The number of piperidine rings is 1. The van der Waals surface area contributed by atoms with Crippen LogP contribution in [-0.2, 0) is 4.79 Å². The van der Waals surface area contributed by atoms with Gasteiger partial charge in [0.15, 0.2) is 0 Å². The molecular weight excluding hydrogens is 302 g/mol. The molecule has 5 nitrogen and oxygen atoms in total. The van der Waals surface area contributed by atoms with E-state index in [1.165, 1.54) is 0 Å². The highest BCUT2D eigenvalue weighted by atomic mass is 16.5. The molecule has 1 aromatic carbocycles. The molecule has 2 saturated heterocycles. The molecule has 1 aliphatic carbocycles. The van der Waals surface area contributed by atoms with Crippen LogP contribution in [0.1, 0.15) is 25.7 Å². The van der Waals surface area contributed by atoms with E-state index >= 15 is 0 Å². The van der Waals surface area contributed by atoms with E-state index in [1.807, 2.05) is 18.2 Å². The first-order chi connectivity index (χ1) is 11.7. The Kier molecular flexibility index (Phi) is 4.12. The van der Waals surface area contributed by atoms with Crippen molar-refractivity contribution in [3.05, 3.63) is 24.3 Å². The number of methoxy groups -OCH3 is 1. The number of nitrogens with one attached hydrogen (secondary N) is 2. The molecule has 0 bridgehead atoms. The Balaban J connectivity index is 1.33. The number of anilines is 1. The van der Waals surface area contributed by atoms with Crippen LogP contribution in [0.2, 0.25) is 0 Å². The summed E-state index contributed by atoms with van der Waals surface area (Å²) in [6, 6.07) is 8.36. The van der Waals surface area contributed by atoms with Gasteiger partial charge < -0.3 is 20.3 Å². The number of rotatable bonds is 4. The highest BCUT2D eigenvalue weighted by Crippen LogP contribution is 2.58. The topological polar surface area (TPSA) is 53.6 Å². The fourth-order valence-corrected chi connectivity index (χ4v) is 4.49. The predicted octanol–water partition coefficient (Wildman–Crippen LogP) is 1.78. The maximum Gasteiger partial charge on any atom is 0.223 e. The Morgan fingerprint density at radius 1 is 1.33 bits per heavy atom. The van der Waals surface area contributed by atoms with Crippen molar-refractivity contribution >= 4 is 11.6 Å². The van der Waals surface area contributed by atoms with E-state index in [4.69, 9.17) is 4.74 Å². The summed E-state index contributed by atoms with van der Waals surface area (Å²) >= 11 is 0. The highest BCUT2D eigenvalue weighted by Gasteiger charge is 2.57. The molecule has 4 rings (SSSR count). The lowest BCUT2D eigenvalue weighted by molar-refractivity contribution is -0.123. The number of para-hydroxylation sites is 2. The normalized spacial score (nSPS) is 28.0. The average molecular weight is 329 g/mol. The molecule has 0 aromatic heterocycles. The van der Waals surface area contributed by atoms with E-state index in [2.05, 4.69) is 21.6 Å². The van der Waals surface area contributed by atoms with Crippen LogP contribution in [0.25, 0.3) is 0 Å². The van der Waals surface area contributed by atoms with Crippen LogP contribution in [0.3, 0.4) is 0 Å². The van der Waals surface area contributed by atoms with Crippen LogP contribution in [-0.4, -0.2) is 45.2 Å². The summed E-state index contributed by atoms with van der Waals surface area (Å²) in [6.07, 6.45) is 4.40. The van der Waals surface area contributed by atoms with Crippen LogP contribution in [0.4, 0.5) is 5.69 Å². The standard InChI is InChI=1S/C19H27N3O2/c1-24-17-5-3-2-4-16(17)22-11-6-14(13-22)21-18(23)15-12-19(15)7-9-20-10-8-19/h2-5,14-15,20H,6-13H2,1H3,(H,21,23). The first-order valence-electron chi connectivity index (χ1n) is 9.11. The number of ether oxygens (including phenoxy) is 1. The van der Waals surface area contributed by atoms with E-state index in [0.717, 1.165) is 63.3 Å². The maximum atomic E-state index is 12.6. The second-order valence-corrected chi connectivity index (χ2v) is 7.48. The SMILES string of the molecule is COc1ccccc1N1CCC(NC(=O)C2CC23CCNCC3)C1. The molecule has 1 spiro atoms. The van der Waals surface area contributed by atoms with Crippen molar-refractivity contribution in [3.8, 4) is 5.75 Å². The smallest absolute Gasteiger partial charge is 0.223 e. The molecule has 130 valence electrons. The van der Waals surface area contributed by atoms with E-state index in [0.29, 0.717) is 5.41 Å². The fourth-order valence-electron chi connectivity index (χ4n) is 4.49. The Hall–Kier alpha value is -1.75. The van der Waals surface area contributed by atoms with Crippen molar-refractivity contribution in [1.82, 2.24) is 10.6 Å². The molecule has 2 heterocycles. The Morgan fingerprint density at radius 2 is 2.12 bits per heavy atom. The van der Waals surface area contributed by atoms with Gasteiger partial charge in [0.05, 0.1) is 12.8 Å². The van der Waals surface area contributed by atoms with Crippen LogP contribution in [0.5, 0.6) is 5.75 Å². The number of benzene rings is 1. The lowest BCUT2D eigenvalue weighted by Gasteiger charge is -2.24. The van der Waals surface area contributed by atoms with Gasteiger partial charge >= 0.3 is 0 Å². The second-order valence-electron chi connectivity index (χ2n) is 7.48. The minimum Gasteiger partial charge on any atom is -0.495 e. The van der Waals surface area contributed by atoms with Gasteiger partial charge in [-0.1, -0.05) is 12.1 Å². The summed E-state index contributed by atoms with van der Waals surface area (Å²) in [5.74, 6) is 1.43. The van der Waals surface area contributed by atoms with Gasteiger partial charge in [-0.15, -0.1) is 0 Å². The molecule has 0 radical (unpaired) electrons. The molecule has 5 heteroatoms. The van der Waals surface area contributed by atoms with E-state index in [9.17, 15) is 4.79 Å². The van der Waals surface area contributed by atoms with Crippen molar-refractivity contribution in [3.63, 3.8) is 0 Å². The van der Waals surface area contributed by atoms with Gasteiger partial charge in [-0.3, -0.25) is 4.79 Å². The summed E-state index contributed by atoms with van der Waals surface area (Å²) in [4.78, 5) is 14.9. The minimum atomic E-state index is 0.250. The molecule has 24 heavy (non-hydrogen) atoms. The molecule has 2 atom stereocenters. The summed E-state index contributed by atoms with van der Waals surface area (Å²) in [5, 5.41) is 6.71. The molecule has 1 saturated carbocycles. The highest BCUT2D eigenvalue weighted by molar-refractivity contribution is 5.83. The van der Waals surface area contributed by atoms with E-state index < -0.39 is 0 Å². The third kappa shape index (κ3) is 2.86. The summed E-state index contributed by atoms with van der Waals surface area (Å²) < 4.78 is 5.46. The van der Waals surface area contributed by atoms with Crippen molar-refractivity contribution < 1.29 is 9.53 Å². The first-order valence-corrected chi connectivity index (χ1v) is 9.11. The van der Waals surface area contributed by atoms with Gasteiger partial charge in [0.1, 0.15) is 5.75 Å². The lowest BCUT2D eigenvalue weighted by atomic mass is 9.91. The van der Waals surface area contributed by atoms with Crippen LogP contribution in [0, 0.1) is 11.3 Å². The molecule has 3 fully saturated rings. The van der Waals surface area contributed by atoms with Gasteiger partial charge in [0.2, 0.25) is 5.91 Å². The zero-order valence-corrected chi connectivity index (χ0v) is 14.4. The van der Waals surface area contributed by atoms with Crippen molar-refractivity contribution in [1.29, 1.82) is 0 Å². The second kappa shape index (κ2) is 6.28. The molecule has 1 aromatic rings. The van der Waals surface area contributed by atoms with Crippen molar-refractivity contribution in [2.45, 2.75) is 31.7 Å². The summed E-state index contributed by atoms with van der Waals surface area (Å²) in [7, 11) is 1.71. The van der Waals surface area contributed by atoms with Crippen LogP contribution in [0.15, 0.2) is 24.3 Å². The van der Waals surface area contributed by atoms with E-state index in [1.54, 1.807) is 7.11 Å². The average Bonchev–Trinajstić information content (AvgIpc) is 3.11. The lowest BCUT2D eigenvalue weighted by Crippen LogP contribution is -2.40. The number of carbonyl (C=O) groups excluding carboxylic acids is 1. The Labute approximate surface area is 143 Å². The van der Waals surface area contributed by atoms with Gasteiger partial charge in [-0.05, 0) is 56.3 Å². The Bertz CT molecular complexity index is 612. The number of carbonyl (C=O) groups is 1. The summed E-state index contributed by atoms with van der Waals surface area (Å²) in [5.41, 5.74) is 1.44. The number of hydrogen-bond donors (Lipinski definition) is 2. The third-order valence-electron chi connectivity index (χ3n) is 6.07. The number of amides is 1. The zero-order valence-electron chi connectivity index (χ0n) is 14.4. The zero-order chi connectivity index (χ0) is 16.6. The maximum absolute atomic E-state index is 12.6. The van der Waals surface area contributed by atoms with Crippen molar-refractivity contribution in [2.75, 3.05) is 38.2 Å². The van der Waals surface area contributed by atoms with E-state index in [-0.39, 0.29) is 17.9 Å². The molecule has 3 aliphatic rings. The molecule has 2 aliphatic heterocycles. The number of hydrogen-bond acceptors (Lipinski definition) is 4. The largest absolute Gasteiger partial charge is 0.495 e. The minimum absolute atomic E-state index is 0.250. The third-order valence-corrected chi connectivity index (χ3v) is 6.07. The monoisotopic (exact) mass is 329 g/mol. The van der Waals surface area contributed by atoms with Gasteiger partial charge in [-0.2, -0.15) is 0 Å². The summed E-state index contributed by atoms with van der Waals surface area (Å²) in [6.45, 7) is 3.96. The van der Waals surface area contributed by atoms with Gasteiger partial charge in [-0.25, -0.2) is 0 Å². The molecule has 1 amide bonds. The Morgan fingerprint density at radius 3 is 2.92 bits per heavy atom. The van der Waals surface area contributed by atoms with Crippen molar-refractivity contribution in [2.24, 2.45) is 11.3 Å². The first kappa shape index (κ1) is 15.8. The molecule has 2 N–H and O–H groups in total. The molecule has 2 unspecified atom stereocenters.